The molecule has 4 bridgehead atoms. The van der Waals surface area contributed by atoms with Gasteiger partial charge in [0.25, 0.3) is 11.5 Å². The molecule has 0 atom stereocenters. The van der Waals surface area contributed by atoms with E-state index in [1.165, 1.54) is 23.8 Å². The molecule has 1 aromatic heterocycles. The van der Waals surface area contributed by atoms with Crippen LogP contribution < -0.4 is 16.2 Å². The fourth-order valence-corrected chi connectivity index (χ4v) is 6.30. The van der Waals surface area contributed by atoms with Crippen LogP contribution in [0.4, 0.5) is 4.79 Å². The number of nitrogens with one attached hydrogen (secondary N) is 2. The van der Waals surface area contributed by atoms with Crippen molar-refractivity contribution >= 4 is 28.9 Å². The van der Waals surface area contributed by atoms with Gasteiger partial charge in [0, 0.05) is 5.54 Å². The molecule has 4 aliphatic carbocycles. The van der Waals surface area contributed by atoms with Crippen LogP contribution in [0.2, 0.25) is 0 Å². The lowest BCUT2D eigenvalue weighted by atomic mass is 9.53. The zero-order valence-corrected chi connectivity index (χ0v) is 17.7. The fourth-order valence-electron chi connectivity index (χ4n) is 6.30. The van der Waals surface area contributed by atoms with E-state index in [9.17, 15) is 19.2 Å². The third-order valence-corrected chi connectivity index (χ3v) is 7.07. The summed E-state index contributed by atoms with van der Waals surface area (Å²) in [7, 11) is 0. The van der Waals surface area contributed by atoms with Gasteiger partial charge < -0.3 is 10.1 Å². The van der Waals surface area contributed by atoms with Crippen molar-refractivity contribution in [1.82, 2.24) is 20.2 Å². The van der Waals surface area contributed by atoms with Crippen LogP contribution in [0.25, 0.3) is 11.0 Å². The lowest BCUT2D eigenvalue weighted by Crippen LogP contribution is -2.62. The number of benzene rings is 1. The number of nitrogens with zero attached hydrogens (tertiary/aromatic N) is 2. The van der Waals surface area contributed by atoms with E-state index in [0.29, 0.717) is 28.8 Å². The van der Waals surface area contributed by atoms with Crippen molar-refractivity contribution in [2.24, 2.45) is 17.8 Å². The van der Waals surface area contributed by atoms with Gasteiger partial charge in [-0.2, -0.15) is 0 Å². The predicted octanol–water partition coefficient (Wildman–Crippen LogP) is 1.73. The first-order valence-electron chi connectivity index (χ1n) is 11.1. The van der Waals surface area contributed by atoms with Crippen molar-refractivity contribution in [3.63, 3.8) is 0 Å². The number of carbonyl (C=O) groups excluding carboxylic acids is 3. The molecule has 0 unspecified atom stereocenters. The lowest BCUT2D eigenvalue weighted by molar-refractivity contribution is -0.148. The van der Waals surface area contributed by atoms with E-state index in [1.807, 2.05) is 0 Å². The number of imide groups is 1. The van der Waals surface area contributed by atoms with E-state index in [0.717, 1.165) is 25.5 Å². The number of ether oxygens (including phenoxy) is 1. The highest BCUT2D eigenvalue weighted by Crippen LogP contribution is 2.55. The Bertz CT molecular complexity index is 1110. The van der Waals surface area contributed by atoms with Crippen LogP contribution in [-0.4, -0.2) is 39.6 Å². The van der Waals surface area contributed by atoms with Crippen LogP contribution in [0.15, 0.2) is 35.3 Å². The zero-order chi connectivity index (χ0) is 22.3. The van der Waals surface area contributed by atoms with Crippen molar-refractivity contribution in [2.75, 3.05) is 6.61 Å². The van der Waals surface area contributed by atoms with Gasteiger partial charge in [-0.15, -0.1) is 0 Å². The minimum absolute atomic E-state index is 0.209. The van der Waals surface area contributed by atoms with Crippen molar-refractivity contribution in [3.8, 4) is 0 Å². The topological polar surface area (TPSA) is 119 Å². The summed E-state index contributed by atoms with van der Waals surface area (Å²) in [5, 5.41) is 5.32. The van der Waals surface area contributed by atoms with Crippen molar-refractivity contribution in [3.05, 3.63) is 40.8 Å². The molecule has 0 saturated heterocycles. The Kier molecular flexibility index (Phi) is 5.19. The molecule has 4 aliphatic rings. The molecule has 9 nitrogen and oxygen atoms in total. The summed E-state index contributed by atoms with van der Waals surface area (Å²) in [5.41, 5.74) is 0.412. The second-order valence-electron chi connectivity index (χ2n) is 9.53. The van der Waals surface area contributed by atoms with Crippen LogP contribution in [0.3, 0.4) is 0 Å². The molecule has 32 heavy (non-hydrogen) atoms. The second-order valence-corrected chi connectivity index (χ2v) is 9.53. The average Bonchev–Trinajstić information content (AvgIpc) is 2.73. The standard InChI is InChI=1S/C23H26N4O5/c28-19(25-22(31)26-23-8-14-5-15(9-23)7-16(6-14)10-23)13-32-21(30)12-27-18-4-2-1-3-17(18)24-11-20(27)29/h1-4,11,14-16H,5-10,12-13H2,(H2,25,26,28,31). The Hall–Kier alpha value is -3.23. The molecular weight excluding hydrogens is 412 g/mol. The van der Waals surface area contributed by atoms with Gasteiger partial charge in [0.15, 0.2) is 6.61 Å². The molecule has 4 fully saturated rings. The van der Waals surface area contributed by atoms with E-state index in [1.54, 1.807) is 24.3 Å². The number of carbonyl (C=O) groups is 3. The molecular formula is C23H26N4O5. The van der Waals surface area contributed by atoms with E-state index in [2.05, 4.69) is 15.6 Å². The minimum Gasteiger partial charge on any atom is -0.454 e. The molecule has 168 valence electrons. The number of urea groups is 1. The number of fused-ring (bicyclic) bond motifs is 1. The van der Waals surface area contributed by atoms with Gasteiger partial charge in [-0.05, 0) is 68.4 Å². The second kappa shape index (κ2) is 8.03. The number of para-hydroxylation sites is 2. The maximum Gasteiger partial charge on any atom is 0.326 e. The van der Waals surface area contributed by atoms with Crippen molar-refractivity contribution < 1.29 is 19.1 Å². The average molecular weight is 438 g/mol. The summed E-state index contributed by atoms with van der Waals surface area (Å²) < 4.78 is 6.23. The van der Waals surface area contributed by atoms with Crippen molar-refractivity contribution in [2.45, 2.75) is 50.6 Å². The van der Waals surface area contributed by atoms with Gasteiger partial charge in [-0.1, -0.05) is 12.1 Å². The molecule has 2 aromatic rings. The maximum atomic E-state index is 12.4. The largest absolute Gasteiger partial charge is 0.454 e. The number of esters is 1. The van der Waals surface area contributed by atoms with E-state index < -0.39 is 30.1 Å². The summed E-state index contributed by atoms with van der Waals surface area (Å²) in [6.07, 6.45) is 7.84. The summed E-state index contributed by atoms with van der Waals surface area (Å²) in [5.74, 6) is 0.565. The summed E-state index contributed by atoms with van der Waals surface area (Å²) in [6.45, 7) is -0.945. The van der Waals surface area contributed by atoms with Gasteiger partial charge in [0.05, 0.1) is 17.2 Å². The highest BCUT2D eigenvalue weighted by atomic mass is 16.5. The van der Waals surface area contributed by atoms with E-state index >= 15 is 0 Å². The Labute approximate surface area is 184 Å². The normalized spacial score (nSPS) is 27.8. The first kappa shape index (κ1) is 20.7. The van der Waals surface area contributed by atoms with Gasteiger partial charge >= 0.3 is 12.0 Å². The molecule has 4 saturated carbocycles. The highest BCUT2D eigenvalue weighted by molar-refractivity contribution is 5.95. The number of amides is 3. The number of hydrogen-bond acceptors (Lipinski definition) is 6. The molecule has 6 rings (SSSR count). The van der Waals surface area contributed by atoms with Crippen LogP contribution >= 0.6 is 0 Å². The minimum atomic E-state index is -0.750. The molecule has 0 aliphatic heterocycles. The Balaban J connectivity index is 1.13. The van der Waals surface area contributed by atoms with Gasteiger partial charge in [-0.3, -0.25) is 24.3 Å². The van der Waals surface area contributed by atoms with Crippen LogP contribution in [-0.2, 0) is 20.9 Å². The molecule has 0 radical (unpaired) electrons. The third kappa shape index (κ3) is 4.11. The smallest absolute Gasteiger partial charge is 0.326 e. The summed E-state index contributed by atoms with van der Waals surface area (Å²) in [6, 6.07) is 6.39. The summed E-state index contributed by atoms with van der Waals surface area (Å²) in [4.78, 5) is 52.9. The molecule has 3 amide bonds. The summed E-state index contributed by atoms with van der Waals surface area (Å²) >= 11 is 0. The third-order valence-electron chi connectivity index (χ3n) is 7.07. The monoisotopic (exact) mass is 438 g/mol. The van der Waals surface area contributed by atoms with Gasteiger partial charge in [0.2, 0.25) is 0 Å². The first-order chi connectivity index (χ1) is 15.4. The van der Waals surface area contributed by atoms with Crippen LogP contribution in [0.5, 0.6) is 0 Å². The first-order valence-corrected chi connectivity index (χ1v) is 11.1. The van der Waals surface area contributed by atoms with Crippen LogP contribution in [0, 0.1) is 17.8 Å². The van der Waals surface area contributed by atoms with Gasteiger partial charge in [-0.25, -0.2) is 9.78 Å². The lowest BCUT2D eigenvalue weighted by Gasteiger charge is -2.56. The number of hydrogen-bond donors (Lipinski definition) is 2. The number of rotatable bonds is 5. The molecule has 1 heterocycles. The molecule has 2 N–H and O–H groups in total. The van der Waals surface area contributed by atoms with Crippen LogP contribution in [0.1, 0.15) is 38.5 Å². The molecule has 1 aromatic carbocycles. The Morgan fingerprint density at radius 3 is 2.41 bits per heavy atom. The van der Waals surface area contributed by atoms with Crippen molar-refractivity contribution in [1.29, 1.82) is 0 Å². The number of aromatic nitrogens is 2. The predicted molar refractivity (Wildman–Crippen MR) is 115 cm³/mol. The van der Waals surface area contributed by atoms with E-state index in [-0.39, 0.29) is 12.1 Å². The SMILES string of the molecule is O=C(COC(=O)Cn1c(=O)cnc2ccccc21)NC(=O)NC12CC3CC(CC(C3)C1)C2. The zero-order valence-electron chi connectivity index (χ0n) is 17.7. The Morgan fingerprint density at radius 2 is 1.72 bits per heavy atom. The molecule has 9 heteroatoms. The Morgan fingerprint density at radius 1 is 1.06 bits per heavy atom. The van der Waals surface area contributed by atoms with E-state index in [4.69, 9.17) is 4.74 Å². The molecule has 0 spiro atoms. The van der Waals surface area contributed by atoms with Gasteiger partial charge in [0.1, 0.15) is 6.54 Å². The highest BCUT2D eigenvalue weighted by Gasteiger charge is 2.51. The fraction of sp³-hybridized carbons (Fsp3) is 0.522. The quantitative estimate of drug-likeness (QED) is 0.686. The maximum absolute atomic E-state index is 12.4.